The summed E-state index contributed by atoms with van der Waals surface area (Å²) in [7, 11) is 3.40. The molecule has 0 radical (unpaired) electrons. The summed E-state index contributed by atoms with van der Waals surface area (Å²) in [5.41, 5.74) is 0. The van der Waals surface area contributed by atoms with Crippen LogP contribution in [-0.2, 0) is 13.5 Å². The zero-order chi connectivity index (χ0) is 13.8. The molecule has 0 amide bonds. The number of aromatic nitrogens is 4. The van der Waals surface area contributed by atoms with Crippen LogP contribution in [0.1, 0.15) is 19.2 Å². The quantitative estimate of drug-likeness (QED) is 0.853. The SMILES string of the molecule is CCCc1nc(Cl)cc(Nc2cc(OC)n(C)n2)n1. The molecule has 0 aliphatic carbocycles. The van der Waals surface area contributed by atoms with Crippen LogP contribution in [0.15, 0.2) is 12.1 Å². The average Bonchev–Trinajstić information content (AvgIpc) is 2.69. The molecule has 0 atom stereocenters. The van der Waals surface area contributed by atoms with E-state index < -0.39 is 0 Å². The standard InChI is InChI=1S/C12H16ClN5O/c1-4-5-9-14-8(13)6-10(15-9)16-11-7-12(19-3)18(2)17-11/h6-7H,4-5H2,1-3H3,(H,14,15,16,17). The third-order valence-corrected chi connectivity index (χ3v) is 2.71. The number of nitrogens with one attached hydrogen (secondary N) is 1. The predicted molar refractivity (Wildman–Crippen MR) is 74.1 cm³/mol. The molecule has 0 spiro atoms. The maximum Gasteiger partial charge on any atom is 0.213 e. The maximum atomic E-state index is 5.97. The van der Waals surface area contributed by atoms with Gasteiger partial charge in [-0.25, -0.2) is 14.6 Å². The summed E-state index contributed by atoms with van der Waals surface area (Å²) in [4.78, 5) is 8.55. The number of aryl methyl sites for hydroxylation is 2. The fourth-order valence-corrected chi connectivity index (χ4v) is 1.90. The van der Waals surface area contributed by atoms with Gasteiger partial charge in [0.05, 0.1) is 7.11 Å². The van der Waals surface area contributed by atoms with Gasteiger partial charge in [0, 0.05) is 25.6 Å². The van der Waals surface area contributed by atoms with E-state index in [2.05, 4.69) is 27.3 Å². The minimum absolute atomic E-state index is 0.420. The Bertz CT molecular complexity index is 569. The molecule has 0 bridgehead atoms. The molecular weight excluding hydrogens is 266 g/mol. The average molecular weight is 282 g/mol. The normalized spacial score (nSPS) is 10.5. The smallest absolute Gasteiger partial charge is 0.213 e. The first-order valence-corrected chi connectivity index (χ1v) is 6.38. The van der Waals surface area contributed by atoms with Crippen LogP contribution in [0, 0.1) is 0 Å². The van der Waals surface area contributed by atoms with Crippen LogP contribution in [0.25, 0.3) is 0 Å². The summed E-state index contributed by atoms with van der Waals surface area (Å²) in [6.45, 7) is 2.07. The summed E-state index contributed by atoms with van der Waals surface area (Å²) in [5, 5.41) is 7.77. The van der Waals surface area contributed by atoms with Crippen molar-refractivity contribution in [1.29, 1.82) is 0 Å². The van der Waals surface area contributed by atoms with Gasteiger partial charge in [-0.1, -0.05) is 18.5 Å². The number of ether oxygens (including phenoxy) is 1. The topological polar surface area (TPSA) is 64.9 Å². The van der Waals surface area contributed by atoms with Gasteiger partial charge in [-0.15, -0.1) is 0 Å². The molecular formula is C12H16ClN5O. The number of halogens is 1. The summed E-state index contributed by atoms with van der Waals surface area (Å²) in [5.74, 6) is 2.66. The summed E-state index contributed by atoms with van der Waals surface area (Å²) >= 11 is 5.97. The first-order chi connectivity index (χ1) is 9.12. The van der Waals surface area contributed by atoms with Gasteiger partial charge in [0.2, 0.25) is 5.88 Å². The Morgan fingerprint density at radius 1 is 1.32 bits per heavy atom. The molecule has 0 aromatic carbocycles. The van der Waals surface area contributed by atoms with Crippen molar-refractivity contribution in [2.75, 3.05) is 12.4 Å². The van der Waals surface area contributed by atoms with Gasteiger partial charge in [-0.05, 0) is 6.42 Å². The zero-order valence-corrected chi connectivity index (χ0v) is 11.9. The molecule has 1 N–H and O–H groups in total. The second-order valence-corrected chi connectivity index (χ2v) is 4.45. The first-order valence-electron chi connectivity index (χ1n) is 6.01. The van der Waals surface area contributed by atoms with Gasteiger partial charge in [-0.3, -0.25) is 0 Å². The second kappa shape index (κ2) is 5.88. The van der Waals surface area contributed by atoms with E-state index >= 15 is 0 Å². The molecule has 2 aromatic rings. The third kappa shape index (κ3) is 3.35. The summed E-state index contributed by atoms with van der Waals surface area (Å²) in [6, 6.07) is 3.46. The lowest BCUT2D eigenvalue weighted by Crippen LogP contribution is -2.01. The number of anilines is 2. The van der Waals surface area contributed by atoms with Gasteiger partial charge in [-0.2, -0.15) is 5.10 Å². The fraction of sp³-hybridized carbons (Fsp3) is 0.417. The number of nitrogens with zero attached hydrogens (tertiary/aromatic N) is 4. The van der Waals surface area contributed by atoms with E-state index in [1.54, 1.807) is 31.0 Å². The Morgan fingerprint density at radius 2 is 2.11 bits per heavy atom. The lowest BCUT2D eigenvalue weighted by atomic mass is 10.3. The van der Waals surface area contributed by atoms with Crippen molar-refractivity contribution in [2.45, 2.75) is 19.8 Å². The lowest BCUT2D eigenvalue weighted by Gasteiger charge is -2.04. The Balaban J connectivity index is 2.21. The molecule has 2 heterocycles. The van der Waals surface area contributed by atoms with Crippen LogP contribution in [0.5, 0.6) is 5.88 Å². The Labute approximate surface area is 116 Å². The molecule has 0 unspecified atom stereocenters. The molecule has 102 valence electrons. The minimum Gasteiger partial charge on any atom is -0.481 e. The number of hydrogen-bond acceptors (Lipinski definition) is 5. The van der Waals surface area contributed by atoms with Gasteiger partial charge >= 0.3 is 0 Å². The van der Waals surface area contributed by atoms with Gasteiger partial charge in [0.25, 0.3) is 0 Å². The van der Waals surface area contributed by atoms with Crippen LogP contribution in [0.2, 0.25) is 5.15 Å². The van der Waals surface area contributed by atoms with E-state index in [9.17, 15) is 0 Å². The van der Waals surface area contributed by atoms with E-state index in [1.807, 2.05) is 0 Å². The van der Waals surface area contributed by atoms with Gasteiger partial charge in [0.1, 0.15) is 16.8 Å². The highest BCUT2D eigenvalue weighted by Crippen LogP contribution is 2.20. The van der Waals surface area contributed by atoms with Crippen molar-refractivity contribution in [2.24, 2.45) is 7.05 Å². The van der Waals surface area contributed by atoms with Gasteiger partial charge in [0.15, 0.2) is 5.82 Å². The summed E-state index contributed by atoms with van der Waals surface area (Å²) in [6.07, 6.45) is 1.76. The largest absolute Gasteiger partial charge is 0.481 e. The van der Waals surface area contributed by atoms with Crippen LogP contribution in [-0.4, -0.2) is 26.9 Å². The van der Waals surface area contributed by atoms with Crippen molar-refractivity contribution in [3.8, 4) is 5.88 Å². The van der Waals surface area contributed by atoms with E-state index in [1.165, 1.54) is 0 Å². The zero-order valence-electron chi connectivity index (χ0n) is 11.1. The highest BCUT2D eigenvalue weighted by Gasteiger charge is 2.08. The van der Waals surface area contributed by atoms with Gasteiger partial charge < -0.3 is 10.1 Å². The molecule has 2 rings (SSSR count). The van der Waals surface area contributed by atoms with E-state index in [0.29, 0.717) is 22.7 Å². The Kier molecular flexibility index (Phi) is 4.21. The molecule has 7 heteroatoms. The highest BCUT2D eigenvalue weighted by atomic mass is 35.5. The lowest BCUT2D eigenvalue weighted by molar-refractivity contribution is 0.373. The van der Waals surface area contributed by atoms with E-state index in [0.717, 1.165) is 18.7 Å². The molecule has 6 nitrogen and oxygen atoms in total. The fourth-order valence-electron chi connectivity index (χ4n) is 1.70. The number of hydrogen-bond donors (Lipinski definition) is 1. The molecule has 19 heavy (non-hydrogen) atoms. The maximum absolute atomic E-state index is 5.97. The predicted octanol–water partition coefficient (Wildman–Crippen LogP) is 2.57. The van der Waals surface area contributed by atoms with Crippen molar-refractivity contribution in [3.63, 3.8) is 0 Å². The Hall–Kier alpha value is -1.82. The molecule has 2 aromatic heterocycles. The number of rotatable bonds is 5. The summed E-state index contributed by atoms with van der Waals surface area (Å²) < 4.78 is 6.79. The van der Waals surface area contributed by atoms with Crippen molar-refractivity contribution in [3.05, 3.63) is 23.1 Å². The number of methoxy groups -OCH3 is 1. The monoisotopic (exact) mass is 281 g/mol. The molecule has 0 aliphatic heterocycles. The molecule has 0 aliphatic rings. The van der Waals surface area contributed by atoms with Crippen LogP contribution in [0.4, 0.5) is 11.6 Å². The third-order valence-electron chi connectivity index (χ3n) is 2.52. The second-order valence-electron chi connectivity index (χ2n) is 4.06. The molecule has 0 saturated carbocycles. The first kappa shape index (κ1) is 13.6. The van der Waals surface area contributed by atoms with Crippen LogP contribution >= 0.6 is 11.6 Å². The molecule has 0 fully saturated rings. The van der Waals surface area contributed by atoms with Crippen LogP contribution in [0.3, 0.4) is 0 Å². The van der Waals surface area contributed by atoms with Crippen LogP contribution < -0.4 is 10.1 Å². The van der Waals surface area contributed by atoms with Crippen molar-refractivity contribution < 1.29 is 4.74 Å². The van der Waals surface area contributed by atoms with Crippen molar-refractivity contribution >= 4 is 23.2 Å². The van der Waals surface area contributed by atoms with E-state index in [-0.39, 0.29) is 0 Å². The van der Waals surface area contributed by atoms with E-state index in [4.69, 9.17) is 16.3 Å². The Morgan fingerprint density at radius 3 is 2.74 bits per heavy atom. The minimum atomic E-state index is 0.420. The molecule has 0 saturated heterocycles. The van der Waals surface area contributed by atoms with Crippen molar-refractivity contribution in [1.82, 2.24) is 19.7 Å². The highest BCUT2D eigenvalue weighted by molar-refractivity contribution is 6.29.